The number of nitrogens with zero attached hydrogens (tertiary/aromatic N) is 3. The van der Waals surface area contributed by atoms with Crippen LogP contribution < -0.4 is 0 Å². The third-order valence-corrected chi connectivity index (χ3v) is 5.74. The molecule has 1 fully saturated rings. The minimum absolute atomic E-state index is 0.0358. The van der Waals surface area contributed by atoms with Crippen molar-refractivity contribution in [2.24, 2.45) is 0 Å². The first-order valence-electron chi connectivity index (χ1n) is 9.88. The van der Waals surface area contributed by atoms with E-state index in [1.54, 1.807) is 17.4 Å². The van der Waals surface area contributed by atoms with Gasteiger partial charge >= 0.3 is 0 Å². The van der Waals surface area contributed by atoms with Gasteiger partial charge < -0.3 is 14.2 Å². The van der Waals surface area contributed by atoms with Crippen LogP contribution in [-0.2, 0) is 4.74 Å². The molecule has 0 radical (unpaired) electrons. The monoisotopic (exact) mass is 391 g/mol. The van der Waals surface area contributed by atoms with E-state index in [2.05, 4.69) is 17.0 Å². The van der Waals surface area contributed by atoms with Crippen LogP contribution in [-0.4, -0.2) is 66.8 Å². The fourth-order valence-corrected chi connectivity index (χ4v) is 3.88. The molecule has 0 N–H and O–H groups in total. The average Bonchev–Trinajstić information content (AvgIpc) is 3.39. The Morgan fingerprint density at radius 3 is 2.85 bits per heavy atom. The zero-order valence-corrected chi connectivity index (χ0v) is 16.9. The second kappa shape index (κ2) is 10.6. The molecule has 27 heavy (non-hydrogen) atoms. The second-order valence-electron chi connectivity index (χ2n) is 6.86. The molecule has 148 valence electrons. The molecule has 3 heterocycles. The van der Waals surface area contributed by atoms with Gasteiger partial charge in [0.2, 0.25) is 0 Å². The van der Waals surface area contributed by atoms with E-state index in [1.165, 1.54) is 12.8 Å². The topological polar surface area (TPSA) is 58.8 Å². The number of unbranched alkanes of at least 4 members (excludes halogenated alkanes) is 3. The first-order chi connectivity index (χ1) is 13.3. The lowest BCUT2D eigenvalue weighted by molar-refractivity contribution is 0.0323. The fourth-order valence-electron chi connectivity index (χ4n) is 3.20. The highest BCUT2D eigenvalue weighted by atomic mass is 32.1. The number of aromatic nitrogens is 1. The number of hydrogen-bond donors (Lipinski definition) is 0. The highest BCUT2D eigenvalue weighted by Crippen LogP contribution is 2.25. The quantitative estimate of drug-likeness (QED) is 0.577. The summed E-state index contributed by atoms with van der Waals surface area (Å²) in [4.78, 5) is 18.3. The molecule has 3 rings (SSSR count). The van der Waals surface area contributed by atoms with E-state index in [0.717, 1.165) is 57.1 Å². The zero-order chi connectivity index (χ0) is 18.9. The molecular weight excluding hydrogens is 362 g/mol. The molecule has 1 amide bonds. The maximum absolute atomic E-state index is 13.0. The fraction of sp³-hybridized carbons (Fsp3) is 0.600. The Labute approximate surface area is 165 Å². The molecule has 7 heteroatoms. The third-order valence-electron chi connectivity index (χ3n) is 4.85. The number of carbonyl (C=O) groups excluding carboxylic acids is 1. The molecule has 6 nitrogen and oxygen atoms in total. The molecule has 0 atom stereocenters. The van der Waals surface area contributed by atoms with E-state index < -0.39 is 0 Å². The molecule has 2 aromatic heterocycles. The maximum atomic E-state index is 13.0. The number of morpholine rings is 1. The summed E-state index contributed by atoms with van der Waals surface area (Å²) < 4.78 is 10.8. The number of thiophene rings is 1. The van der Waals surface area contributed by atoms with Crippen molar-refractivity contribution in [3.8, 4) is 10.6 Å². The Morgan fingerprint density at radius 1 is 1.26 bits per heavy atom. The van der Waals surface area contributed by atoms with E-state index >= 15 is 0 Å². The molecule has 0 unspecified atom stereocenters. The Balaban J connectivity index is 1.61. The zero-order valence-electron chi connectivity index (χ0n) is 16.1. The van der Waals surface area contributed by atoms with Gasteiger partial charge in [-0.05, 0) is 17.9 Å². The second-order valence-corrected chi connectivity index (χ2v) is 7.81. The molecule has 0 bridgehead atoms. The molecule has 2 aromatic rings. The minimum Gasteiger partial charge on any atom is -0.379 e. The van der Waals surface area contributed by atoms with Crippen molar-refractivity contribution in [3.05, 3.63) is 29.3 Å². The van der Waals surface area contributed by atoms with Gasteiger partial charge in [0.25, 0.3) is 5.91 Å². The van der Waals surface area contributed by atoms with Gasteiger partial charge in [0.15, 0.2) is 11.5 Å². The van der Waals surface area contributed by atoms with Crippen molar-refractivity contribution in [2.45, 2.75) is 32.6 Å². The predicted octanol–water partition coefficient (Wildman–Crippen LogP) is 3.76. The lowest BCUT2D eigenvalue weighted by Gasteiger charge is -2.29. The molecule has 0 aliphatic carbocycles. The van der Waals surface area contributed by atoms with Crippen molar-refractivity contribution in [3.63, 3.8) is 0 Å². The van der Waals surface area contributed by atoms with Gasteiger partial charge in [-0.25, -0.2) is 0 Å². The SMILES string of the molecule is CCCCCCN(CCN1CCOCC1)C(=O)c1cc(-c2cccs2)on1. The van der Waals surface area contributed by atoms with Gasteiger partial charge in [-0.1, -0.05) is 37.4 Å². The van der Waals surface area contributed by atoms with Crippen LogP contribution in [0, 0.1) is 0 Å². The summed E-state index contributed by atoms with van der Waals surface area (Å²) in [6.45, 7) is 7.97. The molecule has 1 aliphatic rings. The van der Waals surface area contributed by atoms with Crippen molar-refractivity contribution in [2.75, 3.05) is 45.9 Å². The summed E-state index contributed by atoms with van der Waals surface area (Å²) in [5.74, 6) is 0.624. The standard InChI is InChI=1S/C20H29N3O3S/c1-2-3-4-5-8-23(10-9-22-11-13-25-14-12-22)20(24)17-16-18(26-21-17)19-7-6-15-27-19/h6-7,15-16H,2-5,8-14H2,1H3. The maximum Gasteiger partial charge on any atom is 0.276 e. The van der Waals surface area contributed by atoms with Crippen LogP contribution in [0.4, 0.5) is 0 Å². The normalized spacial score (nSPS) is 15.1. The van der Waals surface area contributed by atoms with Crippen LogP contribution in [0.5, 0.6) is 0 Å². The van der Waals surface area contributed by atoms with Gasteiger partial charge in [0.1, 0.15) is 0 Å². The summed E-state index contributed by atoms with van der Waals surface area (Å²) in [6.07, 6.45) is 4.57. The number of amides is 1. The van der Waals surface area contributed by atoms with Gasteiger partial charge in [-0.15, -0.1) is 11.3 Å². The molecule has 1 saturated heterocycles. The minimum atomic E-state index is -0.0358. The lowest BCUT2D eigenvalue weighted by Crippen LogP contribution is -2.43. The molecule has 1 aliphatic heterocycles. The Hall–Kier alpha value is -1.70. The Morgan fingerprint density at radius 2 is 2.11 bits per heavy atom. The third kappa shape index (κ3) is 5.89. The van der Waals surface area contributed by atoms with E-state index in [4.69, 9.17) is 9.26 Å². The van der Waals surface area contributed by atoms with Crippen LogP contribution in [0.2, 0.25) is 0 Å². The van der Waals surface area contributed by atoms with Crippen LogP contribution in [0.1, 0.15) is 43.1 Å². The summed E-state index contributed by atoms with van der Waals surface area (Å²) >= 11 is 1.58. The smallest absolute Gasteiger partial charge is 0.276 e. The van der Waals surface area contributed by atoms with Crippen LogP contribution >= 0.6 is 11.3 Å². The molecule has 0 aromatic carbocycles. The van der Waals surface area contributed by atoms with Crippen molar-refractivity contribution >= 4 is 17.2 Å². The van der Waals surface area contributed by atoms with Gasteiger partial charge in [-0.3, -0.25) is 9.69 Å². The average molecular weight is 392 g/mol. The van der Waals surface area contributed by atoms with Gasteiger partial charge in [-0.2, -0.15) is 0 Å². The van der Waals surface area contributed by atoms with E-state index in [-0.39, 0.29) is 5.91 Å². The Bertz CT molecular complexity index is 680. The summed E-state index contributed by atoms with van der Waals surface area (Å²) in [6, 6.07) is 5.70. The molecular formula is C20H29N3O3S. The van der Waals surface area contributed by atoms with E-state index in [0.29, 0.717) is 18.0 Å². The number of carbonyl (C=O) groups is 1. The summed E-state index contributed by atoms with van der Waals surface area (Å²) in [7, 11) is 0. The lowest BCUT2D eigenvalue weighted by atomic mass is 10.2. The van der Waals surface area contributed by atoms with Crippen molar-refractivity contribution < 1.29 is 14.1 Å². The largest absolute Gasteiger partial charge is 0.379 e. The highest BCUT2D eigenvalue weighted by molar-refractivity contribution is 7.13. The first-order valence-corrected chi connectivity index (χ1v) is 10.8. The van der Waals surface area contributed by atoms with Crippen LogP contribution in [0.3, 0.4) is 0 Å². The van der Waals surface area contributed by atoms with Crippen LogP contribution in [0.25, 0.3) is 10.6 Å². The molecule has 0 spiro atoms. The van der Waals surface area contributed by atoms with E-state index in [9.17, 15) is 4.79 Å². The number of ether oxygens (including phenoxy) is 1. The van der Waals surface area contributed by atoms with Crippen molar-refractivity contribution in [1.29, 1.82) is 0 Å². The van der Waals surface area contributed by atoms with Crippen molar-refractivity contribution in [1.82, 2.24) is 15.0 Å². The van der Waals surface area contributed by atoms with Gasteiger partial charge in [0.05, 0.1) is 18.1 Å². The summed E-state index contributed by atoms with van der Waals surface area (Å²) in [5.41, 5.74) is 0.399. The Kier molecular flexibility index (Phi) is 7.86. The predicted molar refractivity (Wildman–Crippen MR) is 107 cm³/mol. The van der Waals surface area contributed by atoms with Crippen LogP contribution in [0.15, 0.2) is 28.1 Å². The first kappa shape index (κ1) is 20.0. The molecule has 0 saturated carbocycles. The van der Waals surface area contributed by atoms with E-state index in [1.807, 2.05) is 22.4 Å². The van der Waals surface area contributed by atoms with Gasteiger partial charge in [0, 0.05) is 38.8 Å². The number of hydrogen-bond acceptors (Lipinski definition) is 6. The number of rotatable bonds is 10. The highest BCUT2D eigenvalue weighted by Gasteiger charge is 2.21. The summed E-state index contributed by atoms with van der Waals surface area (Å²) in [5, 5.41) is 6.03.